The molecule has 0 bridgehead atoms. The number of benzene rings is 3. The minimum Gasteiger partial charge on any atom is -0.419 e. The zero-order chi connectivity index (χ0) is 22.0. The predicted octanol–water partition coefficient (Wildman–Crippen LogP) is 6.00. The van der Waals surface area contributed by atoms with E-state index >= 15 is 0 Å². The molecule has 0 atom stereocenters. The molecule has 1 aromatic heterocycles. The van der Waals surface area contributed by atoms with Crippen molar-refractivity contribution < 1.29 is 17.2 Å². The molecule has 31 heavy (non-hydrogen) atoms. The first-order valence-corrected chi connectivity index (χ1v) is 11.7. The number of anilines is 1. The number of aromatic nitrogens is 1. The Morgan fingerprint density at radius 2 is 1.61 bits per heavy atom. The largest absolute Gasteiger partial charge is 0.419 e. The van der Waals surface area contributed by atoms with E-state index in [0.29, 0.717) is 12.1 Å². The van der Waals surface area contributed by atoms with Crippen molar-refractivity contribution in [3.63, 3.8) is 0 Å². The summed E-state index contributed by atoms with van der Waals surface area (Å²) in [5.74, 6) is -0.291. The number of nitrogens with one attached hydrogen (secondary N) is 1. The Morgan fingerprint density at radius 1 is 0.968 bits per heavy atom. The Bertz CT molecular complexity index is 1300. The molecule has 0 amide bonds. The van der Waals surface area contributed by atoms with Crippen LogP contribution >= 0.6 is 15.9 Å². The average Bonchev–Trinajstić information content (AvgIpc) is 3.19. The van der Waals surface area contributed by atoms with Crippen molar-refractivity contribution in [3.05, 3.63) is 94.2 Å². The number of aryl methyl sites for hydroxylation is 1. The second-order valence-corrected chi connectivity index (χ2v) is 9.74. The smallest absolute Gasteiger partial charge is 0.234 e. The number of oxazole rings is 1. The molecular formula is C23H18BrFN2O3S. The Hall–Kier alpha value is -2.97. The van der Waals surface area contributed by atoms with E-state index in [4.69, 9.17) is 4.42 Å². The van der Waals surface area contributed by atoms with Crippen LogP contribution in [0.3, 0.4) is 0 Å². The van der Waals surface area contributed by atoms with Gasteiger partial charge in [-0.15, -0.1) is 0 Å². The lowest BCUT2D eigenvalue weighted by Gasteiger charge is -2.07. The summed E-state index contributed by atoms with van der Waals surface area (Å²) in [5.41, 5.74) is 2.55. The summed E-state index contributed by atoms with van der Waals surface area (Å²) in [4.78, 5) is 4.35. The van der Waals surface area contributed by atoms with Crippen LogP contribution in [0.1, 0.15) is 11.1 Å². The van der Waals surface area contributed by atoms with Gasteiger partial charge in [-0.25, -0.2) is 12.8 Å². The van der Waals surface area contributed by atoms with Crippen LogP contribution in [-0.4, -0.2) is 13.4 Å². The van der Waals surface area contributed by atoms with Crippen LogP contribution in [0.15, 0.2) is 91.6 Å². The summed E-state index contributed by atoms with van der Waals surface area (Å²) >= 11 is 3.31. The second kappa shape index (κ2) is 8.64. The SMILES string of the molecule is Cc1ccc(CNc2oc(-c3ccc(F)cc3)nc2S(=O)(=O)c2ccc(Br)cc2)cc1. The lowest BCUT2D eigenvalue weighted by molar-refractivity contribution is 0.576. The fraction of sp³-hybridized carbons (Fsp3) is 0.0870. The van der Waals surface area contributed by atoms with E-state index in [1.165, 1.54) is 36.4 Å². The summed E-state index contributed by atoms with van der Waals surface area (Å²) in [7, 11) is -3.96. The molecule has 3 aromatic carbocycles. The fourth-order valence-electron chi connectivity index (χ4n) is 2.93. The first kappa shape index (κ1) is 21.3. The number of hydrogen-bond acceptors (Lipinski definition) is 5. The molecule has 0 fully saturated rings. The molecule has 0 aliphatic rings. The molecule has 0 spiro atoms. The summed E-state index contributed by atoms with van der Waals surface area (Å²) in [5, 5.41) is 2.83. The van der Waals surface area contributed by atoms with Crippen LogP contribution in [0.4, 0.5) is 10.3 Å². The van der Waals surface area contributed by atoms with E-state index in [2.05, 4.69) is 26.2 Å². The van der Waals surface area contributed by atoms with E-state index < -0.39 is 15.7 Å². The Balaban J connectivity index is 1.74. The van der Waals surface area contributed by atoms with Crippen molar-refractivity contribution in [2.24, 2.45) is 0 Å². The molecule has 0 saturated heterocycles. The number of rotatable bonds is 6. The van der Waals surface area contributed by atoms with Crippen molar-refractivity contribution >= 4 is 31.7 Å². The monoisotopic (exact) mass is 500 g/mol. The van der Waals surface area contributed by atoms with Crippen LogP contribution in [0.25, 0.3) is 11.5 Å². The van der Waals surface area contributed by atoms with Crippen LogP contribution in [0, 0.1) is 12.7 Å². The van der Waals surface area contributed by atoms with Crippen LogP contribution in [-0.2, 0) is 16.4 Å². The van der Waals surface area contributed by atoms with Gasteiger partial charge >= 0.3 is 0 Å². The predicted molar refractivity (Wildman–Crippen MR) is 120 cm³/mol. The van der Waals surface area contributed by atoms with Gasteiger partial charge in [0.1, 0.15) is 5.82 Å². The second-order valence-electron chi connectivity index (χ2n) is 6.96. The minimum absolute atomic E-state index is 0.0304. The van der Waals surface area contributed by atoms with E-state index in [-0.39, 0.29) is 21.7 Å². The molecule has 0 saturated carbocycles. The van der Waals surface area contributed by atoms with Gasteiger partial charge in [0, 0.05) is 16.6 Å². The third-order valence-corrected chi connectivity index (χ3v) is 6.85. The first-order valence-electron chi connectivity index (χ1n) is 9.40. The molecule has 0 radical (unpaired) electrons. The van der Waals surface area contributed by atoms with E-state index in [0.717, 1.165) is 15.6 Å². The van der Waals surface area contributed by atoms with E-state index in [1.807, 2.05) is 31.2 Å². The van der Waals surface area contributed by atoms with E-state index in [1.54, 1.807) is 12.1 Å². The van der Waals surface area contributed by atoms with Crippen LogP contribution < -0.4 is 5.32 Å². The quantitative estimate of drug-likeness (QED) is 0.351. The molecular weight excluding hydrogens is 483 g/mol. The average molecular weight is 501 g/mol. The van der Waals surface area contributed by atoms with Crippen molar-refractivity contribution in [3.8, 4) is 11.5 Å². The summed E-state index contributed by atoms with van der Waals surface area (Å²) < 4.78 is 46.4. The number of nitrogens with zero attached hydrogens (tertiary/aromatic N) is 1. The normalized spacial score (nSPS) is 11.5. The molecule has 0 aliphatic heterocycles. The number of halogens is 2. The fourth-order valence-corrected chi connectivity index (χ4v) is 4.47. The zero-order valence-electron chi connectivity index (χ0n) is 16.5. The highest BCUT2D eigenvalue weighted by molar-refractivity contribution is 9.10. The van der Waals surface area contributed by atoms with Crippen molar-refractivity contribution in [2.45, 2.75) is 23.4 Å². The third-order valence-electron chi connectivity index (χ3n) is 4.64. The van der Waals surface area contributed by atoms with E-state index in [9.17, 15) is 12.8 Å². The lowest BCUT2D eigenvalue weighted by Crippen LogP contribution is -2.07. The van der Waals surface area contributed by atoms with Crippen molar-refractivity contribution in [2.75, 3.05) is 5.32 Å². The molecule has 0 aliphatic carbocycles. The highest BCUT2D eigenvalue weighted by Crippen LogP contribution is 2.33. The van der Waals surface area contributed by atoms with Gasteiger partial charge in [-0.1, -0.05) is 45.8 Å². The van der Waals surface area contributed by atoms with Gasteiger partial charge in [0.25, 0.3) is 0 Å². The molecule has 4 rings (SSSR count). The summed E-state index contributed by atoms with van der Waals surface area (Å²) in [6.45, 7) is 2.34. The van der Waals surface area contributed by atoms with Gasteiger partial charge < -0.3 is 9.73 Å². The summed E-state index contributed by atoms with van der Waals surface area (Å²) in [6, 6.07) is 19.6. The van der Waals surface area contributed by atoms with Crippen molar-refractivity contribution in [1.29, 1.82) is 0 Å². The highest BCUT2D eigenvalue weighted by atomic mass is 79.9. The molecule has 1 heterocycles. The third kappa shape index (κ3) is 4.70. The highest BCUT2D eigenvalue weighted by Gasteiger charge is 2.28. The van der Waals surface area contributed by atoms with Crippen LogP contribution in [0.5, 0.6) is 0 Å². The molecule has 158 valence electrons. The maximum absolute atomic E-state index is 13.3. The standard InChI is InChI=1S/C23H18BrFN2O3S/c1-15-2-4-16(5-3-15)14-26-22-23(31(28,29)20-12-8-18(24)9-13-20)27-21(30-22)17-6-10-19(25)11-7-17/h2-13,26H,14H2,1H3. The number of hydrogen-bond donors (Lipinski definition) is 1. The molecule has 4 aromatic rings. The maximum atomic E-state index is 13.3. The lowest BCUT2D eigenvalue weighted by atomic mass is 10.1. The maximum Gasteiger partial charge on any atom is 0.234 e. The molecule has 5 nitrogen and oxygen atoms in total. The Kier molecular flexibility index (Phi) is 5.93. The van der Waals surface area contributed by atoms with Gasteiger partial charge in [-0.3, -0.25) is 0 Å². The first-order chi connectivity index (χ1) is 14.8. The zero-order valence-corrected chi connectivity index (χ0v) is 18.9. The van der Waals surface area contributed by atoms with Gasteiger partial charge in [-0.2, -0.15) is 4.98 Å². The molecule has 8 heteroatoms. The molecule has 1 N–H and O–H groups in total. The van der Waals surface area contributed by atoms with Gasteiger partial charge in [0.2, 0.25) is 26.6 Å². The Morgan fingerprint density at radius 3 is 2.26 bits per heavy atom. The van der Waals surface area contributed by atoms with Crippen molar-refractivity contribution in [1.82, 2.24) is 4.98 Å². The van der Waals surface area contributed by atoms with Crippen LogP contribution in [0.2, 0.25) is 0 Å². The van der Waals surface area contributed by atoms with Gasteiger partial charge in [0.05, 0.1) is 4.90 Å². The molecule has 0 unspecified atom stereocenters. The van der Waals surface area contributed by atoms with Gasteiger partial charge in [0.15, 0.2) is 0 Å². The minimum atomic E-state index is -3.96. The topological polar surface area (TPSA) is 72.2 Å². The Labute approximate surface area is 188 Å². The number of sulfone groups is 1. The van der Waals surface area contributed by atoms with Gasteiger partial charge in [-0.05, 0) is 61.0 Å². The summed E-state index contributed by atoms with van der Waals surface area (Å²) in [6.07, 6.45) is 0.